The third-order valence-electron chi connectivity index (χ3n) is 2.67. The number of carbonyl (C=O) groups excluding carboxylic acids is 1. The van der Waals surface area contributed by atoms with Crippen LogP contribution in [0.25, 0.3) is 0 Å². The van der Waals surface area contributed by atoms with Gasteiger partial charge in [-0.2, -0.15) is 4.72 Å². The number of hydrogen-bond acceptors (Lipinski definition) is 5. The molecule has 0 spiro atoms. The summed E-state index contributed by atoms with van der Waals surface area (Å²) in [4.78, 5) is 15.6. The molecule has 0 bridgehead atoms. The fraction of sp³-hybridized carbons (Fsp3) is 0.538. The molecular formula is C13H22N4O3S. The maximum Gasteiger partial charge on any atom is 0.260 e. The third-order valence-corrected chi connectivity index (χ3v) is 4.17. The number of amides is 1. The summed E-state index contributed by atoms with van der Waals surface area (Å²) in [6.07, 6.45) is 2.26. The highest BCUT2D eigenvalue weighted by molar-refractivity contribution is 7.89. The lowest BCUT2D eigenvalue weighted by Gasteiger charge is -2.15. The standard InChI is InChI=1S/C13H22N4O3S/c1-4-8-15-11-7-6-9-16-13(11)21(19,20)17-10(3)12(18)14-5-2/h6-7,9-10,15,17H,4-5,8H2,1-3H3,(H,14,18). The number of pyridine rings is 1. The van der Waals surface area contributed by atoms with E-state index in [9.17, 15) is 13.2 Å². The van der Waals surface area contributed by atoms with Gasteiger partial charge in [-0.3, -0.25) is 4.79 Å². The van der Waals surface area contributed by atoms with Crippen LogP contribution in [0, 0.1) is 0 Å². The maximum atomic E-state index is 12.3. The molecule has 1 rings (SSSR count). The van der Waals surface area contributed by atoms with Gasteiger partial charge in [0, 0.05) is 19.3 Å². The summed E-state index contributed by atoms with van der Waals surface area (Å²) in [7, 11) is -3.87. The Balaban J connectivity index is 2.95. The van der Waals surface area contributed by atoms with Crippen molar-refractivity contribution in [3.63, 3.8) is 0 Å². The van der Waals surface area contributed by atoms with E-state index in [0.717, 1.165) is 6.42 Å². The minimum absolute atomic E-state index is 0.102. The van der Waals surface area contributed by atoms with Gasteiger partial charge in [-0.05, 0) is 32.4 Å². The number of rotatable bonds is 8. The number of sulfonamides is 1. The Labute approximate surface area is 125 Å². The monoisotopic (exact) mass is 314 g/mol. The minimum Gasteiger partial charge on any atom is -0.383 e. The molecule has 1 unspecified atom stereocenters. The van der Waals surface area contributed by atoms with Gasteiger partial charge in [-0.25, -0.2) is 13.4 Å². The zero-order valence-corrected chi connectivity index (χ0v) is 13.3. The van der Waals surface area contributed by atoms with E-state index in [0.29, 0.717) is 18.8 Å². The Morgan fingerprint density at radius 2 is 2.10 bits per heavy atom. The lowest BCUT2D eigenvalue weighted by molar-refractivity contribution is -0.122. The smallest absolute Gasteiger partial charge is 0.260 e. The Morgan fingerprint density at radius 3 is 2.71 bits per heavy atom. The zero-order valence-electron chi connectivity index (χ0n) is 12.5. The summed E-state index contributed by atoms with van der Waals surface area (Å²) in [5, 5.41) is 5.48. The second-order valence-corrected chi connectivity index (χ2v) is 6.15. The van der Waals surface area contributed by atoms with E-state index in [2.05, 4.69) is 20.3 Å². The lowest BCUT2D eigenvalue weighted by atomic mass is 10.3. The highest BCUT2D eigenvalue weighted by Crippen LogP contribution is 2.18. The van der Waals surface area contributed by atoms with Crippen LogP contribution < -0.4 is 15.4 Å². The van der Waals surface area contributed by atoms with Crippen molar-refractivity contribution >= 4 is 21.6 Å². The SMILES string of the molecule is CCCNc1cccnc1S(=O)(=O)NC(C)C(=O)NCC. The van der Waals surface area contributed by atoms with E-state index in [1.54, 1.807) is 19.1 Å². The minimum atomic E-state index is -3.87. The van der Waals surface area contributed by atoms with Gasteiger partial charge in [-0.15, -0.1) is 0 Å². The molecule has 21 heavy (non-hydrogen) atoms. The second-order valence-electron chi connectivity index (χ2n) is 4.52. The molecule has 1 atom stereocenters. The zero-order chi connectivity index (χ0) is 15.9. The summed E-state index contributed by atoms with van der Waals surface area (Å²) in [5.41, 5.74) is 0.426. The molecule has 0 saturated heterocycles. The van der Waals surface area contributed by atoms with Crippen LogP contribution >= 0.6 is 0 Å². The lowest BCUT2D eigenvalue weighted by Crippen LogP contribution is -2.44. The van der Waals surface area contributed by atoms with Crippen molar-refractivity contribution in [1.29, 1.82) is 0 Å². The number of anilines is 1. The van der Waals surface area contributed by atoms with Crippen LogP contribution in [0.15, 0.2) is 23.4 Å². The molecule has 8 heteroatoms. The van der Waals surface area contributed by atoms with Gasteiger partial charge in [0.2, 0.25) is 5.91 Å². The highest BCUT2D eigenvalue weighted by Gasteiger charge is 2.25. The fourth-order valence-electron chi connectivity index (χ4n) is 1.67. The number of nitrogens with zero attached hydrogens (tertiary/aromatic N) is 1. The van der Waals surface area contributed by atoms with E-state index in [1.807, 2.05) is 6.92 Å². The summed E-state index contributed by atoms with van der Waals surface area (Å²) >= 11 is 0. The van der Waals surface area contributed by atoms with E-state index < -0.39 is 16.1 Å². The van der Waals surface area contributed by atoms with Crippen molar-refractivity contribution < 1.29 is 13.2 Å². The number of aromatic nitrogens is 1. The van der Waals surface area contributed by atoms with E-state index in [1.165, 1.54) is 13.1 Å². The first-order valence-corrected chi connectivity index (χ1v) is 8.39. The topological polar surface area (TPSA) is 100 Å². The number of carbonyl (C=O) groups is 1. The van der Waals surface area contributed by atoms with Crippen LogP contribution in [0.2, 0.25) is 0 Å². The van der Waals surface area contributed by atoms with E-state index >= 15 is 0 Å². The normalized spacial score (nSPS) is 12.7. The van der Waals surface area contributed by atoms with Gasteiger partial charge in [0.15, 0.2) is 5.03 Å². The fourth-order valence-corrected chi connectivity index (χ4v) is 2.98. The molecule has 0 radical (unpaired) electrons. The molecule has 0 aliphatic heterocycles. The van der Waals surface area contributed by atoms with Crippen molar-refractivity contribution in [2.45, 2.75) is 38.3 Å². The average molecular weight is 314 g/mol. The van der Waals surface area contributed by atoms with Crippen LogP contribution in [0.1, 0.15) is 27.2 Å². The number of hydrogen-bond donors (Lipinski definition) is 3. The Bertz CT molecular complexity index is 575. The predicted octanol–water partition coefficient (Wildman–Crippen LogP) is 0.706. The Kier molecular flexibility index (Phi) is 6.57. The van der Waals surface area contributed by atoms with Gasteiger partial charge in [0.05, 0.1) is 11.7 Å². The van der Waals surface area contributed by atoms with Crippen molar-refractivity contribution in [1.82, 2.24) is 15.0 Å². The molecule has 1 heterocycles. The average Bonchev–Trinajstić information content (AvgIpc) is 2.45. The predicted molar refractivity (Wildman–Crippen MR) is 81.5 cm³/mol. The van der Waals surface area contributed by atoms with Gasteiger partial charge < -0.3 is 10.6 Å². The third kappa shape index (κ3) is 4.98. The molecule has 1 amide bonds. The summed E-state index contributed by atoms with van der Waals surface area (Å²) < 4.78 is 27.0. The van der Waals surface area contributed by atoms with E-state index in [-0.39, 0.29) is 10.9 Å². The van der Waals surface area contributed by atoms with Gasteiger partial charge >= 0.3 is 0 Å². The molecule has 7 nitrogen and oxygen atoms in total. The summed E-state index contributed by atoms with van der Waals surface area (Å²) in [5.74, 6) is -0.375. The van der Waals surface area contributed by atoms with Gasteiger partial charge in [0.1, 0.15) is 0 Å². The van der Waals surface area contributed by atoms with Crippen molar-refractivity contribution in [2.24, 2.45) is 0 Å². The van der Waals surface area contributed by atoms with Crippen LogP contribution in [-0.2, 0) is 14.8 Å². The second kappa shape index (κ2) is 7.94. The Morgan fingerprint density at radius 1 is 1.38 bits per heavy atom. The molecular weight excluding hydrogens is 292 g/mol. The number of nitrogens with one attached hydrogen (secondary N) is 3. The van der Waals surface area contributed by atoms with Crippen LogP contribution in [0.3, 0.4) is 0 Å². The van der Waals surface area contributed by atoms with Crippen molar-refractivity contribution in [3.05, 3.63) is 18.3 Å². The van der Waals surface area contributed by atoms with Crippen molar-refractivity contribution in [2.75, 3.05) is 18.4 Å². The molecule has 0 fully saturated rings. The molecule has 0 saturated carbocycles. The first-order valence-electron chi connectivity index (χ1n) is 6.91. The van der Waals surface area contributed by atoms with Gasteiger partial charge in [0.25, 0.3) is 10.0 Å². The van der Waals surface area contributed by atoms with Crippen LogP contribution in [0.5, 0.6) is 0 Å². The first kappa shape index (κ1) is 17.4. The van der Waals surface area contributed by atoms with Crippen LogP contribution in [0.4, 0.5) is 5.69 Å². The first-order chi connectivity index (χ1) is 9.92. The Hall–Kier alpha value is -1.67. The molecule has 3 N–H and O–H groups in total. The largest absolute Gasteiger partial charge is 0.383 e. The molecule has 0 aliphatic rings. The quantitative estimate of drug-likeness (QED) is 0.656. The molecule has 1 aromatic heterocycles. The maximum absolute atomic E-state index is 12.3. The summed E-state index contributed by atoms with van der Waals surface area (Å²) in [6, 6.07) is 2.44. The number of likely N-dealkylation sites (N-methyl/N-ethyl adjacent to an activating group) is 1. The van der Waals surface area contributed by atoms with Crippen molar-refractivity contribution in [3.8, 4) is 0 Å². The summed E-state index contributed by atoms with van der Waals surface area (Å²) in [6.45, 7) is 6.32. The van der Waals surface area contributed by atoms with E-state index in [4.69, 9.17) is 0 Å². The molecule has 118 valence electrons. The molecule has 0 aromatic carbocycles. The molecule has 1 aromatic rings. The highest BCUT2D eigenvalue weighted by atomic mass is 32.2. The molecule has 0 aliphatic carbocycles. The van der Waals surface area contributed by atoms with Crippen LogP contribution in [-0.4, -0.2) is 38.4 Å². The van der Waals surface area contributed by atoms with Gasteiger partial charge in [-0.1, -0.05) is 6.92 Å².